The predicted octanol–water partition coefficient (Wildman–Crippen LogP) is 2.66. The van der Waals surface area contributed by atoms with Gasteiger partial charge in [-0.15, -0.1) is 0 Å². The maximum absolute atomic E-state index is 11.4. The number of aliphatic carboxylic acids is 1. The van der Waals surface area contributed by atoms with E-state index >= 15 is 0 Å². The van der Waals surface area contributed by atoms with Gasteiger partial charge in [-0.3, -0.25) is 0 Å². The fourth-order valence-electron chi connectivity index (χ4n) is 2.26. The van der Waals surface area contributed by atoms with Crippen molar-refractivity contribution in [2.24, 2.45) is 0 Å². The summed E-state index contributed by atoms with van der Waals surface area (Å²) in [6.07, 6.45) is -1.79. The Bertz CT molecular complexity index is 650. The molecule has 3 rings (SSSR count). The van der Waals surface area contributed by atoms with Gasteiger partial charge in [0.15, 0.2) is 17.6 Å². The van der Waals surface area contributed by atoms with Crippen LogP contribution >= 0.6 is 0 Å². The van der Waals surface area contributed by atoms with Gasteiger partial charge in [0.05, 0.1) is 7.11 Å². The highest BCUT2D eigenvalue weighted by atomic mass is 16.6. The lowest BCUT2D eigenvalue weighted by atomic mass is 10.0. The van der Waals surface area contributed by atoms with Gasteiger partial charge in [-0.05, 0) is 29.8 Å². The van der Waals surface area contributed by atoms with Gasteiger partial charge >= 0.3 is 5.97 Å². The molecule has 5 nitrogen and oxygen atoms in total. The van der Waals surface area contributed by atoms with Crippen LogP contribution in [0.1, 0.15) is 11.7 Å². The van der Waals surface area contributed by atoms with Gasteiger partial charge in [-0.1, -0.05) is 24.3 Å². The van der Waals surface area contributed by atoms with Crippen molar-refractivity contribution in [2.45, 2.75) is 12.2 Å². The molecule has 0 amide bonds. The second kappa shape index (κ2) is 5.36. The Kier molecular flexibility index (Phi) is 3.39. The summed E-state index contributed by atoms with van der Waals surface area (Å²) in [6.45, 7) is 0. The topological polar surface area (TPSA) is 65.0 Å². The van der Waals surface area contributed by atoms with Crippen LogP contribution in [0.25, 0.3) is 0 Å². The number of para-hydroxylation sites is 2. The molecule has 108 valence electrons. The number of fused-ring (bicyclic) bond motifs is 1. The number of hydrogen-bond acceptors (Lipinski definition) is 4. The van der Waals surface area contributed by atoms with Crippen molar-refractivity contribution in [3.8, 4) is 17.2 Å². The molecule has 2 aromatic carbocycles. The van der Waals surface area contributed by atoms with Crippen LogP contribution < -0.4 is 14.2 Å². The largest absolute Gasteiger partial charge is 0.497 e. The number of benzene rings is 2. The Morgan fingerprint density at radius 1 is 1.05 bits per heavy atom. The third-order valence-electron chi connectivity index (χ3n) is 3.32. The second-order valence-corrected chi connectivity index (χ2v) is 4.64. The van der Waals surface area contributed by atoms with Gasteiger partial charge in [0.2, 0.25) is 6.10 Å². The van der Waals surface area contributed by atoms with Crippen molar-refractivity contribution in [3.63, 3.8) is 0 Å². The van der Waals surface area contributed by atoms with Gasteiger partial charge in [-0.2, -0.15) is 0 Å². The Morgan fingerprint density at radius 2 is 1.67 bits per heavy atom. The quantitative estimate of drug-likeness (QED) is 0.939. The molecule has 0 radical (unpaired) electrons. The molecule has 0 aromatic heterocycles. The van der Waals surface area contributed by atoms with Crippen LogP contribution in [0.4, 0.5) is 0 Å². The van der Waals surface area contributed by atoms with E-state index in [2.05, 4.69) is 0 Å². The van der Waals surface area contributed by atoms with Crippen molar-refractivity contribution in [2.75, 3.05) is 7.11 Å². The first kappa shape index (κ1) is 13.3. The number of methoxy groups -OCH3 is 1. The molecular formula is C16H14O5. The summed E-state index contributed by atoms with van der Waals surface area (Å²) < 4.78 is 16.5. The zero-order chi connectivity index (χ0) is 14.8. The van der Waals surface area contributed by atoms with Crippen LogP contribution in [0.2, 0.25) is 0 Å². The van der Waals surface area contributed by atoms with Crippen molar-refractivity contribution < 1.29 is 24.1 Å². The van der Waals surface area contributed by atoms with E-state index in [0.29, 0.717) is 17.2 Å². The first-order valence-electron chi connectivity index (χ1n) is 6.48. The molecular weight excluding hydrogens is 272 g/mol. The summed E-state index contributed by atoms with van der Waals surface area (Å²) in [6, 6.07) is 14.1. The summed E-state index contributed by atoms with van der Waals surface area (Å²) >= 11 is 0. The summed E-state index contributed by atoms with van der Waals surface area (Å²) in [5.41, 5.74) is 0.720. The molecule has 5 heteroatoms. The maximum Gasteiger partial charge on any atom is 0.349 e. The zero-order valence-corrected chi connectivity index (χ0v) is 11.4. The van der Waals surface area contributed by atoms with E-state index in [1.807, 2.05) is 6.07 Å². The monoisotopic (exact) mass is 286 g/mol. The van der Waals surface area contributed by atoms with Gasteiger partial charge in [-0.25, -0.2) is 4.79 Å². The summed E-state index contributed by atoms with van der Waals surface area (Å²) in [7, 11) is 1.57. The number of ether oxygens (including phenoxy) is 3. The first-order chi connectivity index (χ1) is 10.2. The molecule has 0 saturated heterocycles. The summed E-state index contributed by atoms with van der Waals surface area (Å²) in [5.74, 6) is 0.610. The van der Waals surface area contributed by atoms with Gasteiger partial charge < -0.3 is 19.3 Å². The van der Waals surface area contributed by atoms with Crippen LogP contribution in [0.3, 0.4) is 0 Å². The number of carboxylic acids is 1. The molecule has 2 aromatic rings. The Balaban J connectivity index is 1.96. The minimum atomic E-state index is -1.09. The Hall–Kier alpha value is -2.69. The molecule has 0 spiro atoms. The van der Waals surface area contributed by atoms with E-state index < -0.39 is 18.2 Å². The lowest BCUT2D eigenvalue weighted by molar-refractivity contribution is -0.151. The molecule has 0 fully saturated rings. The van der Waals surface area contributed by atoms with Gasteiger partial charge in [0.25, 0.3) is 0 Å². The first-order valence-corrected chi connectivity index (χ1v) is 6.48. The van der Waals surface area contributed by atoms with E-state index in [1.54, 1.807) is 49.6 Å². The number of carbonyl (C=O) groups is 1. The minimum absolute atomic E-state index is 0.440. The average Bonchev–Trinajstić information content (AvgIpc) is 2.53. The second-order valence-electron chi connectivity index (χ2n) is 4.64. The maximum atomic E-state index is 11.4. The lowest BCUT2D eigenvalue weighted by Gasteiger charge is -2.31. The standard InChI is InChI=1S/C16H14O5/c1-19-11-8-6-10(7-9-11)14-15(16(17)18)21-13-5-3-2-4-12(13)20-14/h2-9,14-15H,1H3,(H,17,18)/t14-,15+/m1/s1. The van der Waals surface area contributed by atoms with E-state index in [-0.39, 0.29) is 0 Å². The average molecular weight is 286 g/mol. The SMILES string of the molecule is COc1ccc([C@H]2Oc3ccccc3O[C@@H]2C(=O)O)cc1. The van der Waals surface area contributed by atoms with Crippen molar-refractivity contribution in [1.29, 1.82) is 0 Å². The normalized spacial score (nSPS) is 19.9. The zero-order valence-electron chi connectivity index (χ0n) is 11.4. The summed E-state index contributed by atoms with van der Waals surface area (Å²) in [5, 5.41) is 9.37. The molecule has 0 bridgehead atoms. The highest BCUT2D eigenvalue weighted by molar-refractivity contribution is 5.75. The number of rotatable bonds is 3. The molecule has 0 aliphatic carbocycles. The molecule has 1 aliphatic rings. The fourth-order valence-corrected chi connectivity index (χ4v) is 2.26. The third-order valence-corrected chi connectivity index (χ3v) is 3.32. The van der Waals surface area contributed by atoms with E-state index in [1.165, 1.54) is 0 Å². The number of hydrogen-bond donors (Lipinski definition) is 1. The molecule has 0 saturated carbocycles. The third kappa shape index (κ3) is 2.50. The molecule has 1 heterocycles. The molecule has 1 N–H and O–H groups in total. The molecule has 0 unspecified atom stereocenters. The van der Waals surface area contributed by atoms with Crippen LogP contribution in [-0.4, -0.2) is 24.3 Å². The van der Waals surface area contributed by atoms with Gasteiger partial charge in [0.1, 0.15) is 5.75 Å². The minimum Gasteiger partial charge on any atom is -0.497 e. The highest BCUT2D eigenvalue weighted by Crippen LogP contribution is 2.39. The van der Waals surface area contributed by atoms with Crippen LogP contribution in [0.5, 0.6) is 17.2 Å². The number of carboxylic acid groups (broad SMARTS) is 1. The van der Waals surface area contributed by atoms with Crippen LogP contribution in [0.15, 0.2) is 48.5 Å². The predicted molar refractivity (Wildman–Crippen MR) is 74.9 cm³/mol. The van der Waals surface area contributed by atoms with Gasteiger partial charge in [0, 0.05) is 0 Å². The molecule has 2 atom stereocenters. The summed E-state index contributed by atoms with van der Waals surface area (Å²) in [4.78, 5) is 11.4. The molecule has 21 heavy (non-hydrogen) atoms. The smallest absolute Gasteiger partial charge is 0.349 e. The van der Waals surface area contributed by atoms with Crippen LogP contribution in [-0.2, 0) is 4.79 Å². The Morgan fingerprint density at radius 3 is 2.24 bits per heavy atom. The van der Waals surface area contributed by atoms with E-state index in [0.717, 1.165) is 5.56 Å². The molecule has 1 aliphatic heterocycles. The fraction of sp³-hybridized carbons (Fsp3) is 0.188. The van der Waals surface area contributed by atoms with Crippen molar-refractivity contribution in [1.82, 2.24) is 0 Å². The highest BCUT2D eigenvalue weighted by Gasteiger charge is 2.38. The van der Waals surface area contributed by atoms with Crippen LogP contribution in [0, 0.1) is 0 Å². The lowest BCUT2D eigenvalue weighted by Crippen LogP contribution is -2.39. The van der Waals surface area contributed by atoms with E-state index in [4.69, 9.17) is 14.2 Å². The Labute approximate surface area is 121 Å². The van der Waals surface area contributed by atoms with E-state index in [9.17, 15) is 9.90 Å². The van der Waals surface area contributed by atoms with Crippen molar-refractivity contribution >= 4 is 5.97 Å². The van der Waals surface area contributed by atoms with Crippen molar-refractivity contribution in [3.05, 3.63) is 54.1 Å².